The molecule has 168 valence electrons. The Morgan fingerprint density at radius 1 is 0.788 bits per heavy atom. The van der Waals surface area contributed by atoms with Crippen LogP contribution in [0.3, 0.4) is 0 Å². The van der Waals surface area contributed by atoms with Crippen molar-refractivity contribution in [1.82, 2.24) is 0 Å². The molecule has 0 heterocycles. The van der Waals surface area contributed by atoms with Crippen LogP contribution in [0.2, 0.25) is 5.02 Å². The number of nitrogens with one attached hydrogen (secondary N) is 2. The Morgan fingerprint density at radius 2 is 1.39 bits per heavy atom. The van der Waals surface area contributed by atoms with E-state index in [0.717, 1.165) is 39.8 Å². The zero-order valence-corrected chi connectivity index (χ0v) is 19.4. The van der Waals surface area contributed by atoms with Crippen molar-refractivity contribution in [3.63, 3.8) is 0 Å². The van der Waals surface area contributed by atoms with Crippen molar-refractivity contribution in [1.29, 1.82) is 0 Å². The van der Waals surface area contributed by atoms with Gasteiger partial charge in [-0.1, -0.05) is 35.9 Å². The van der Waals surface area contributed by atoms with E-state index in [1.165, 1.54) is 44.1 Å². The maximum absolute atomic E-state index is 12.4. The highest BCUT2D eigenvalue weighted by atomic mass is 35.5. The van der Waals surface area contributed by atoms with Gasteiger partial charge in [-0.15, -0.1) is 0 Å². The van der Waals surface area contributed by atoms with Gasteiger partial charge in [0, 0.05) is 16.9 Å². The van der Waals surface area contributed by atoms with E-state index in [1.807, 2.05) is 42.5 Å². The predicted molar refractivity (Wildman–Crippen MR) is 135 cm³/mol. The number of amides is 1. The molecule has 33 heavy (non-hydrogen) atoms. The summed E-state index contributed by atoms with van der Waals surface area (Å²) in [4.78, 5) is 12.4. The Hall–Kier alpha value is -2.78. The summed E-state index contributed by atoms with van der Waals surface area (Å²) in [6, 6.07) is 23.6. The SMILES string of the molecule is O=C(Nc1ccc(Nc2ccc(C34CC5CC(CC(C5)C3)C4)cc2Cl)cc1)c1ccccc1. The lowest BCUT2D eigenvalue weighted by molar-refractivity contribution is -0.00517. The average molecular weight is 457 g/mol. The van der Waals surface area contributed by atoms with Crippen molar-refractivity contribution in [2.24, 2.45) is 17.8 Å². The lowest BCUT2D eigenvalue weighted by atomic mass is 9.48. The van der Waals surface area contributed by atoms with Gasteiger partial charge in [0.05, 0.1) is 10.7 Å². The summed E-state index contributed by atoms with van der Waals surface area (Å²) in [6.07, 6.45) is 8.39. The van der Waals surface area contributed by atoms with E-state index in [4.69, 9.17) is 11.6 Å². The molecule has 2 N–H and O–H groups in total. The largest absolute Gasteiger partial charge is 0.354 e. The van der Waals surface area contributed by atoms with Crippen molar-refractivity contribution in [3.8, 4) is 0 Å². The molecule has 0 radical (unpaired) electrons. The van der Waals surface area contributed by atoms with Gasteiger partial charge in [-0.25, -0.2) is 0 Å². The number of halogens is 1. The van der Waals surface area contributed by atoms with Gasteiger partial charge in [0.1, 0.15) is 0 Å². The summed E-state index contributed by atoms with van der Waals surface area (Å²) >= 11 is 6.77. The van der Waals surface area contributed by atoms with Crippen LogP contribution >= 0.6 is 11.6 Å². The standard InChI is InChI=1S/C29H29ClN2O/c30-26-15-23(29-16-19-12-20(17-29)14-21(13-19)18-29)6-11-27(26)31-24-7-9-25(10-8-24)32-28(33)22-4-2-1-3-5-22/h1-11,15,19-21,31H,12-14,16-18H2,(H,32,33). The average Bonchev–Trinajstić information content (AvgIpc) is 2.81. The van der Waals surface area contributed by atoms with Crippen LogP contribution in [-0.2, 0) is 5.41 Å². The first-order chi connectivity index (χ1) is 16.1. The van der Waals surface area contributed by atoms with Crippen molar-refractivity contribution >= 4 is 34.6 Å². The summed E-state index contributed by atoms with van der Waals surface area (Å²) in [5.74, 6) is 2.66. The van der Waals surface area contributed by atoms with Crippen LogP contribution in [0.25, 0.3) is 0 Å². The Bertz CT molecular complexity index is 1140. The first kappa shape index (κ1) is 20.8. The monoisotopic (exact) mass is 456 g/mol. The molecule has 4 bridgehead atoms. The van der Waals surface area contributed by atoms with Crippen LogP contribution in [0.1, 0.15) is 54.4 Å². The highest BCUT2D eigenvalue weighted by molar-refractivity contribution is 6.33. The van der Waals surface area contributed by atoms with E-state index < -0.39 is 0 Å². The third-order valence-electron chi connectivity index (χ3n) is 8.08. The van der Waals surface area contributed by atoms with Crippen LogP contribution in [0.15, 0.2) is 72.8 Å². The van der Waals surface area contributed by atoms with Crippen molar-refractivity contribution in [3.05, 3.63) is 88.9 Å². The molecule has 4 heteroatoms. The molecule has 3 nitrogen and oxygen atoms in total. The molecular formula is C29H29ClN2O. The second-order valence-electron chi connectivity index (χ2n) is 10.4. The van der Waals surface area contributed by atoms with E-state index in [1.54, 1.807) is 12.1 Å². The minimum atomic E-state index is -0.111. The normalized spacial score (nSPS) is 27.4. The van der Waals surface area contributed by atoms with Gasteiger partial charge in [0.25, 0.3) is 5.91 Å². The molecule has 0 unspecified atom stereocenters. The van der Waals surface area contributed by atoms with Crippen LogP contribution in [0, 0.1) is 17.8 Å². The summed E-state index contributed by atoms with van der Waals surface area (Å²) in [5.41, 5.74) is 5.07. The number of hydrogen-bond acceptors (Lipinski definition) is 2. The number of benzene rings is 3. The smallest absolute Gasteiger partial charge is 0.255 e. The zero-order valence-electron chi connectivity index (χ0n) is 18.7. The molecular weight excluding hydrogens is 428 g/mol. The number of rotatable bonds is 5. The fourth-order valence-corrected chi connectivity index (χ4v) is 7.22. The minimum absolute atomic E-state index is 0.111. The first-order valence-corrected chi connectivity index (χ1v) is 12.5. The highest BCUT2D eigenvalue weighted by Gasteiger charge is 2.51. The van der Waals surface area contributed by atoms with Gasteiger partial charge in [-0.2, -0.15) is 0 Å². The van der Waals surface area contributed by atoms with E-state index >= 15 is 0 Å². The van der Waals surface area contributed by atoms with Gasteiger partial charge in [-0.3, -0.25) is 4.79 Å². The van der Waals surface area contributed by atoms with E-state index in [2.05, 4.69) is 28.8 Å². The number of carbonyl (C=O) groups is 1. The highest BCUT2D eigenvalue weighted by Crippen LogP contribution is 2.61. The first-order valence-electron chi connectivity index (χ1n) is 12.1. The fraction of sp³-hybridized carbons (Fsp3) is 0.345. The maximum atomic E-state index is 12.4. The third kappa shape index (κ3) is 4.04. The van der Waals surface area contributed by atoms with Crippen molar-refractivity contribution in [2.45, 2.75) is 43.9 Å². The van der Waals surface area contributed by atoms with Crippen LogP contribution in [0.5, 0.6) is 0 Å². The molecule has 4 aliphatic rings. The van der Waals surface area contributed by atoms with Crippen LogP contribution in [-0.4, -0.2) is 5.91 Å². The second-order valence-corrected chi connectivity index (χ2v) is 10.8. The molecule has 4 fully saturated rings. The van der Waals surface area contributed by atoms with E-state index in [0.29, 0.717) is 11.0 Å². The number of carbonyl (C=O) groups excluding carboxylic acids is 1. The molecule has 0 aliphatic heterocycles. The minimum Gasteiger partial charge on any atom is -0.354 e. The van der Waals surface area contributed by atoms with Gasteiger partial charge in [-0.05, 0) is 116 Å². The van der Waals surface area contributed by atoms with Crippen LogP contribution < -0.4 is 10.6 Å². The molecule has 1 amide bonds. The Kier molecular flexibility index (Phi) is 5.18. The second kappa shape index (κ2) is 8.22. The zero-order chi connectivity index (χ0) is 22.4. The summed E-state index contributed by atoms with van der Waals surface area (Å²) in [7, 11) is 0. The molecule has 3 aromatic carbocycles. The molecule has 0 spiro atoms. The third-order valence-corrected chi connectivity index (χ3v) is 8.39. The topological polar surface area (TPSA) is 41.1 Å². The Morgan fingerprint density at radius 3 is 2.00 bits per heavy atom. The quantitative estimate of drug-likeness (QED) is 0.411. The predicted octanol–water partition coefficient (Wildman–Crippen LogP) is 7.80. The number of anilines is 3. The summed E-state index contributed by atoms with van der Waals surface area (Å²) in [5, 5.41) is 7.16. The molecule has 4 saturated carbocycles. The molecule has 0 aromatic heterocycles. The molecule has 0 saturated heterocycles. The van der Waals surface area contributed by atoms with Gasteiger partial charge in [0.2, 0.25) is 0 Å². The Labute approximate surface area is 200 Å². The van der Waals surface area contributed by atoms with E-state index in [-0.39, 0.29) is 5.91 Å². The molecule has 3 aromatic rings. The maximum Gasteiger partial charge on any atom is 0.255 e. The van der Waals surface area contributed by atoms with E-state index in [9.17, 15) is 4.79 Å². The van der Waals surface area contributed by atoms with Crippen molar-refractivity contribution < 1.29 is 4.79 Å². The summed E-state index contributed by atoms with van der Waals surface area (Å²) < 4.78 is 0. The van der Waals surface area contributed by atoms with Gasteiger partial charge in [0.15, 0.2) is 0 Å². The van der Waals surface area contributed by atoms with Crippen LogP contribution in [0.4, 0.5) is 17.1 Å². The lowest BCUT2D eigenvalue weighted by Crippen LogP contribution is -2.48. The Balaban J connectivity index is 1.15. The molecule has 7 rings (SSSR count). The molecule has 0 atom stereocenters. The lowest BCUT2D eigenvalue weighted by Gasteiger charge is -2.57. The molecule has 4 aliphatic carbocycles. The van der Waals surface area contributed by atoms with Gasteiger partial charge >= 0.3 is 0 Å². The van der Waals surface area contributed by atoms with Crippen molar-refractivity contribution in [2.75, 3.05) is 10.6 Å². The van der Waals surface area contributed by atoms with Gasteiger partial charge < -0.3 is 10.6 Å². The summed E-state index contributed by atoms with van der Waals surface area (Å²) in [6.45, 7) is 0. The number of hydrogen-bond donors (Lipinski definition) is 2. The fourth-order valence-electron chi connectivity index (χ4n) is 7.00.